The predicted octanol–water partition coefficient (Wildman–Crippen LogP) is 6.41. The molecule has 0 spiro atoms. The van der Waals surface area contributed by atoms with E-state index in [1.165, 1.54) is 12.1 Å². The number of hydrogen-bond donors (Lipinski definition) is 2. The van der Waals surface area contributed by atoms with Crippen molar-refractivity contribution >= 4 is 21.5 Å². The van der Waals surface area contributed by atoms with E-state index in [4.69, 9.17) is 4.74 Å². The highest BCUT2D eigenvalue weighted by Crippen LogP contribution is 2.40. The van der Waals surface area contributed by atoms with E-state index in [0.29, 0.717) is 55.5 Å². The zero-order valence-electron chi connectivity index (χ0n) is 23.3. The summed E-state index contributed by atoms with van der Waals surface area (Å²) >= 11 is 0. The zero-order chi connectivity index (χ0) is 30.5. The summed E-state index contributed by atoms with van der Waals surface area (Å²) in [5.41, 5.74) is -0.0173. The van der Waals surface area contributed by atoms with Crippen LogP contribution < -0.4 is 4.72 Å². The normalized spacial score (nSPS) is 20.2. The van der Waals surface area contributed by atoms with E-state index in [1.807, 2.05) is 44.2 Å². The van der Waals surface area contributed by atoms with Crippen molar-refractivity contribution in [3.8, 4) is 0 Å². The van der Waals surface area contributed by atoms with Crippen molar-refractivity contribution in [1.29, 1.82) is 0 Å². The molecule has 1 aromatic heterocycles. The van der Waals surface area contributed by atoms with Gasteiger partial charge in [0.2, 0.25) is 0 Å². The van der Waals surface area contributed by atoms with E-state index in [1.54, 1.807) is 18.2 Å². The molecule has 1 aliphatic rings. The molecule has 0 amide bonds. The molecule has 0 saturated carbocycles. The number of halogens is 3. The number of benzene rings is 2. The van der Waals surface area contributed by atoms with E-state index in [-0.39, 0.29) is 11.5 Å². The number of carbonyl (C=O) groups excluding carboxylic acids is 1. The average molecular weight is 603 g/mol. The molecule has 0 aliphatic carbocycles. The first-order chi connectivity index (χ1) is 19.9. The Bertz CT molecular complexity index is 1530. The number of hydrogen-bond acceptors (Lipinski definition) is 6. The van der Waals surface area contributed by atoms with Crippen molar-refractivity contribution in [3.63, 3.8) is 0 Å². The van der Waals surface area contributed by atoms with Crippen LogP contribution in [0.4, 0.5) is 18.9 Å². The number of rotatable bonds is 11. The number of sulfonamides is 1. The number of ether oxygens (including phenoxy) is 1. The van der Waals surface area contributed by atoms with Crippen LogP contribution >= 0.6 is 0 Å². The Morgan fingerprint density at radius 1 is 1.05 bits per heavy atom. The number of nitrogens with one attached hydrogen (secondary N) is 1. The largest absolute Gasteiger partial charge is 0.417 e. The van der Waals surface area contributed by atoms with E-state index >= 15 is 0 Å². The molecular formula is C31H33F3N2O5S. The Kier molecular flexibility index (Phi) is 9.54. The van der Waals surface area contributed by atoms with Crippen molar-refractivity contribution in [2.24, 2.45) is 0 Å². The minimum atomic E-state index is -4.65. The van der Waals surface area contributed by atoms with Crippen LogP contribution in [-0.2, 0) is 32.2 Å². The zero-order valence-corrected chi connectivity index (χ0v) is 24.1. The third-order valence-corrected chi connectivity index (χ3v) is 8.67. The Hall–Kier alpha value is -3.54. The van der Waals surface area contributed by atoms with E-state index in [2.05, 4.69) is 9.71 Å². The van der Waals surface area contributed by atoms with Crippen molar-refractivity contribution in [2.45, 2.75) is 75.0 Å². The number of anilines is 1. The van der Waals surface area contributed by atoms with Gasteiger partial charge in [0.15, 0.2) is 17.1 Å². The van der Waals surface area contributed by atoms with Crippen molar-refractivity contribution < 1.29 is 36.2 Å². The summed E-state index contributed by atoms with van der Waals surface area (Å²) in [6.07, 6.45) is -1.43. The van der Waals surface area contributed by atoms with Gasteiger partial charge in [-0.25, -0.2) is 4.98 Å². The third kappa shape index (κ3) is 7.08. The second-order valence-corrected chi connectivity index (χ2v) is 11.9. The fraction of sp³-hybridized carbons (Fsp3) is 0.355. The number of pyridine rings is 1. The third-order valence-electron chi connectivity index (χ3n) is 7.37. The number of aromatic nitrogens is 1. The summed E-state index contributed by atoms with van der Waals surface area (Å²) in [4.78, 5) is 17.0. The molecule has 3 aromatic rings. The number of nitrogens with zero attached hydrogens (tertiary/aromatic N) is 1. The Labute approximate surface area is 243 Å². The molecule has 0 bridgehead atoms. The predicted molar refractivity (Wildman–Crippen MR) is 152 cm³/mol. The van der Waals surface area contributed by atoms with Crippen LogP contribution in [0.3, 0.4) is 0 Å². The number of aliphatic hydroxyl groups is 1. The summed E-state index contributed by atoms with van der Waals surface area (Å²) < 4.78 is 72.7. The van der Waals surface area contributed by atoms with E-state index in [0.717, 1.165) is 11.6 Å². The van der Waals surface area contributed by atoms with E-state index in [9.17, 15) is 31.5 Å². The van der Waals surface area contributed by atoms with Crippen LogP contribution in [0.1, 0.15) is 62.1 Å². The fourth-order valence-electron chi connectivity index (χ4n) is 5.25. The number of aryl methyl sites for hydroxylation is 1. The molecule has 2 N–H and O–H groups in total. The SMILES string of the molecule is CCC[C@@]1(CCc2ccccc2)OC(O)C([C@@H](CC)c2cccc(NS(=O)(=O)c3ccc(C(F)(F)F)cn3)c2)=CC1=O. The lowest BCUT2D eigenvalue weighted by atomic mass is 9.80. The van der Waals surface area contributed by atoms with Gasteiger partial charge < -0.3 is 9.84 Å². The van der Waals surface area contributed by atoms with Crippen LogP contribution in [-0.4, -0.2) is 36.2 Å². The van der Waals surface area contributed by atoms with Gasteiger partial charge in [0.05, 0.1) is 5.56 Å². The summed E-state index contributed by atoms with van der Waals surface area (Å²) in [5, 5.41) is 10.6. The molecule has 2 aromatic carbocycles. The summed E-state index contributed by atoms with van der Waals surface area (Å²) in [6.45, 7) is 3.82. The first-order valence-electron chi connectivity index (χ1n) is 13.7. The summed E-state index contributed by atoms with van der Waals surface area (Å²) in [6, 6.07) is 17.6. The van der Waals surface area contributed by atoms with Crippen LogP contribution in [0.2, 0.25) is 0 Å². The van der Waals surface area contributed by atoms with Crippen LogP contribution in [0.25, 0.3) is 0 Å². The fourth-order valence-corrected chi connectivity index (χ4v) is 6.23. The standard InChI is InChI=1S/C31H33F3N2O5S/c1-3-16-30(17-15-21-9-6-5-7-10-21)27(37)19-26(29(38)41-30)25(4-2)22-11-8-12-24(18-22)36-42(39,40)28-14-13-23(20-35-28)31(32,33)34/h5-14,18-20,25,29,36,38H,3-4,15-17H2,1-2H3/t25-,29?,30-/m0/s1. The summed E-state index contributed by atoms with van der Waals surface area (Å²) in [5.74, 6) is -0.685. The smallest absolute Gasteiger partial charge is 0.364 e. The number of aliphatic hydroxyl groups excluding tert-OH is 1. The highest BCUT2D eigenvalue weighted by Gasteiger charge is 2.44. The molecular weight excluding hydrogens is 569 g/mol. The highest BCUT2D eigenvalue weighted by molar-refractivity contribution is 7.92. The van der Waals surface area contributed by atoms with Crippen LogP contribution in [0.15, 0.2) is 89.6 Å². The lowest BCUT2D eigenvalue weighted by Crippen LogP contribution is -2.48. The molecule has 0 radical (unpaired) electrons. The maximum absolute atomic E-state index is 13.6. The molecule has 1 unspecified atom stereocenters. The average Bonchev–Trinajstić information content (AvgIpc) is 2.95. The van der Waals surface area contributed by atoms with E-state index < -0.39 is 44.6 Å². The molecule has 1 aliphatic heterocycles. The molecule has 42 heavy (non-hydrogen) atoms. The molecule has 4 rings (SSSR count). The maximum atomic E-state index is 13.6. The van der Waals surface area contributed by atoms with Gasteiger partial charge in [-0.1, -0.05) is 62.7 Å². The van der Waals surface area contributed by atoms with Gasteiger partial charge in [0, 0.05) is 17.8 Å². The number of alkyl halides is 3. The lowest BCUT2D eigenvalue weighted by molar-refractivity contribution is -0.188. The van der Waals surface area contributed by atoms with Crippen molar-refractivity contribution in [3.05, 3.63) is 101 Å². The topological polar surface area (TPSA) is 106 Å². The molecule has 7 nitrogen and oxygen atoms in total. The van der Waals surface area contributed by atoms with Gasteiger partial charge in [0.1, 0.15) is 5.60 Å². The van der Waals surface area contributed by atoms with Gasteiger partial charge in [0.25, 0.3) is 10.0 Å². The first kappa shape index (κ1) is 31.4. The van der Waals surface area contributed by atoms with Gasteiger partial charge in [-0.3, -0.25) is 9.52 Å². The molecule has 2 heterocycles. The first-order valence-corrected chi connectivity index (χ1v) is 15.2. The minimum absolute atomic E-state index is 0.147. The van der Waals surface area contributed by atoms with Crippen molar-refractivity contribution in [2.75, 3.05) is 4.72 Å². The molecule has 3 atom stereocenters. The van der Waals surface area contributed by atoms with Crippen LogP contribution in [0.5, 0.6) is 0 Å². The lowest BCUT2D eigenvalue weighted by Gasteiger charge is -2.39. The molecule has 11 heteroatoms. The Morgan fingerprint density at radius 3 is 2.40 bits per heavy atom. The Morgan fingerprint density at radius 2 is 1.79 bits per heavy atom. The minimum Gasteiger partial charge on any atom is -0.364 e. The molecule has 0 fully saturated rings. The van der Waals surface area contributed by atoms with Gasteiger partial charge in [-0.15, -0.1) is 0 Å². The quantitative estimate of drug-likeness (QED) is 0.263. The highest BCUT2D eigenvalue weighted by atomic mass is 32.2. The summed E-state index contributed by atoms with van der Waals surface area (Å²) in [7, 11) is -4.29. The second kappa shape index (κ2) is 12.8. The molecule has 224 valence electrons. The monoisotopic (exact) mass is 602 g/mol. The van der Waals surface area contributed by atoms with Crippen molar-refractivity contribution in [1.82, 2.24) is 4.98 Å². The Balaban J connectivity index is 1.56. The van der Waals surface area contributed by atoms with Gasteiger partial charge >= 0.3 is 6.18 Å². The maximum Gasteiger partial charge on any atom is 0.417 e. The van der Waals surface area contributed by atoms with Gasteiger partial charge in [-0.05, 0) is 72.7 Å². The molecule has 0 saturated heterocycles. The number of carbonyl (C=O) groups is 1. The second-order valence-electron chi connectivity index (χ2n) is 10.3. The van der Waals surface area contributed by atoms with Crippen LogP contribution in [0, 0.1) is 0 Å². The number of ketones is 1. The van der Waals surface area contributed by atoms with Gasteiger partial charge in [-0.2, -0.15) is 21.6 Å².